The average molecular weight is 244 g/mol. The fourth-order valence-corrected chi connectivity index (χ4v) is 2.83. The molecule has 0 aromatic heterocycles. The maximum Gasteiger partial charge on any atom is 0.157 e. The van der Waals surface area contributed by atoms with E-state index in [9.17, 15) is 0 Å². The highest BCUT2D eigenvalue weighted by molar-refractivity contribution is 8.14. The summed E-state index contributed by atoms with van der Waals surface area (Å²) in [6, 6.07) is 0.904. The minimum absolute atomic E-state index is 0.397. The van der Waals surface area contributed by atoms with Gasteiger partial charge in [-0.05, 0) is 18.8 Å². The van der Waals surface area contributed by atoms with Crippen molar-refractivity contribution >= 4 is 16.9 Å². The van der Waals surface area contributed by atoms with Crippen molar-refractivity contribution in [2.45, 2.75) is 45.7 Å². The number of rotatable bonds is 6. The lowest BCUT2D eigenvalue weighted by Crippen LogP contribution is -2.35. The topological polar surface area (TPSA) is 33.6 Å². The first-order valence-electron chi connectivity index (χ1n) is 6.11. The highest BCUT2D eigenvalue weighted by atomic mass is 32.2. The molecule has 2 atom stereocenters. The van der Waals surface area contributed by atoms with Gasteiger partial charge in [0.2, 0.25) is 0 Å². The molecule has 1 rings (SSSR count). The molecule has 2 unspecified atom stereocenters. The number of ether oxygens (including phenoxy) is 1. The highest BCUT2D eigenvalue weighted by Crippen LogP contribution is 2.22. The van der Waals surface area contributed by atoms with E-state index in [4.69, 9.17) is 9.73 Å². The predicted octanol–water partition coefficient (Wildman–Crippen LogP) is 2.52. The van der Waals surface area contributed by atoms with E-state index in [0.717, 1.165) is 29.9 Å². The number of methoxy groups -OCH3 is 1. The molecule has 0 saturated heterocycles. The molecular formula is C12H24N2OS. The first-order valence-corrected chi connectivity index (χ1v) is 7.10. The van der Waals surface area contributed by atoms with E-state index in [1.807, 2.05) is 11.8 Å². The lowest BCUT2D eigenvalue weighted by molar-refractivity contribution is 0.172. The molecule has 0 saturated carbocycles. The van der Waals surface area contributed by atoms with Crippen LogP contribution in [0.5, 0.6) is 0 Å². The molecule has 0 radical (unpaired) electrons. The van der Waals surface area contributed by atoms with Crippen LogP contribution in [0.25, 0.3) is 0 Å². The number of thioether (sulfide) groups is 1. The van der Waals surface area contributed by atoms with E-state index < -0.39 is 0 Å². The second-order valence-corrected chi connectivity index (χ2v) is 5.74. The maximum absolute atomic E-state index is 5.17. The van der Waals surface area contributed by atoms with Crippen LogP contribution in [0.4, 0.5) is 0 Å². The molecule has 4 heteroatoms. The summed E-state index contributed by atoms with van der Waals surface area (Å²) in [5, 5.41) is 4.56. The summed E-state index contributed by atoms with van der Waals surface area (Å²) in [7, 11) is 1.75. The molecule has 0 bridgehead atoms. The molecular weight excluding hydrogens is 220 g/mol. The largest absolute Gasteiger partial charge is 0.383 e. The molecule has 0 aromatic rings. The van der Waals surface area contributed by atoms with Gasteiger partial charge < -0.3 is 10.1 Å². The van der Waals surface area contributed by atoms with E-state index in [2.05, 4.69) is 26.1 Å². The molecule has 1 N–H and O–H groups in total. The van der Waals surface area contributed by atoms with E-state index in [1.165, 1.54) is 6.42 Å². The number of nitrogens with one attached hydrogen (secondary N) is 1. The summed E-state index contributed by atoms with van der Waals surface area (Å²) in [6.07, 6.45) is 2.27. The monoisotopic (exact) mass is 244 g/mol. The Morgan fingerprint density at radius 2 is 2.31 bits per heavy atom. The van der Waals surface area contributed by atoms with Crippen molar-refractivity contribution in [1.29, 1.82) is 0 Å². The van der Waals surface area contributed by atoms with Crippen LogP contribution >= 0.6 is 11.8 Å². The lowest BCUT2D eigenvalue weighted by atomic mass is 10.1. The van der Waals surface area contributed by atoms with Crippen molar-refractivity contribution in [2.75, 3.05) is 19.5 Å². The number of hydrogen-bond donors (Lipinski definition) is 1. The van der Waals surface area contributed by atoms with Gasteiger partial charge in [0, 0.05) is 12.9 Å². The zero-order valence-electron chi connectivity index (χ0n) is 10.8. The number of hydrogen-bond acceptors (Lipinski definition) is 4. The highest BCUT2D eigenvalue weighted by Gasteiger charge is 2.20. The van der Waals surface area contributed by atoms with Crippen molar-refractivity contribution in [2.24, 2.45) is 10.9 Å². The predicted molar refractivity (Wildman–Crippen MR) is 72.2 cm³/mol. The van der Waals surface area contributed by atoms with Gasteiger partial charge in [-0.2, -0.15) is 0 Å². The molecule has 1 heterocycles. The van der Waals surface area contributed by atoms with Gasteiger partial charge in [0.15, 0.2) is 5.17 Å². The summed E-state index contributed by atoms with van der Waals surface area (Å²) in [4.78, 5) is 4.71. The van der Waals surface area contributed by atoms with Crippen LogP contribution in [0.15, 0.2) is 4.99 Å². The molecule has 1 aliphatic rings. The van der Waals surface area contributed by atoms with Crippen LogP contribution in [-0.4, -0.2) is 36.7 Å². The third kappa shape index (κ3) is 4.74. The van der Waals surface area contributed by atoms with Crippen LogP contribution in [0.2, 0.25) is 0 Å². The first-order chi connectivity index (χ1) is 7.65. The standard InChI is InChI=1S/C12H24N2OS/c1-5-10(7-15-4)13-12-14-11(8-16-12)6-9(2)3/h9-11H,5-8H2,1-4H3,(H,13,14). The van der Waals surface area contributed by atoms with Crippen LogP contribution < -0.4 is 5.32 Å². The van der Waals surface area contributed by atoms with Crippen LogP contribution in [0.3, 0.4) is 0 Å². The fraction of sp³-hybridized carbons (Fsp3) is 0.917. The Labute approximate surface area is 103 Å². The molecule has 16 heavy (non-hydrogen) atoms. The van der Waals surface area contributed by atoms with Crippen molar-refractivity contribution in [3.8, 4) is 0 Å². The Bertz CT molecular complexity index is 231. The van der Waals surface area contributed by atoms with Gasteiger partial charge in [0.25, 0.3) is 0 Å². The summed E-state index contributed by atoms with van der Waals surface area (Å²) >= 11 is 1.85. The van der Waals surface area contributed by atoms with E-state index in [-0.39, 0.29) is 0 Å². The van der Waals surface area contributed by atoms with Gasteiger partial charge in [-0.1, -0.05) is 32.5 Å². The molecule has 3 nitrogen and oxygen atoms in total. The Morgan fingerprint density at radius 3 is 2.88 bits per heavy atom. The molecule has 0 amide bonds. The Kier molecular flexibility index (Phi) is 6.21. The molecule has 0 aromatic carbocycles. The molecule has 1 aliphatic heterocycles. The zero-order valence-corrected chi connectivity index (χ0v) is 11.6. The average Bonchev–Trinajstić information content (AvgIpc) is 2.64. The summed E-state index contributed by atoms with van der Waals surface area (Å²) in [5.41, 5.74) is 0. The van der Waals surface area contributed by atoms with Gasteiger partial charge in [0.1, 0.15) is 0 Å². The van der Waals surface area contributed by atoms with Gasteiger partial charge in [-0.15, -0.1) is 0 Å². The maximum atomic E-state index is 5.17. The quantitative estimate of drug-likeness (QED) is 0.779. The van der Waals surface area contributed by atoms with E-state index in [0.29, 0.717) is 12.1 Å². The smallest absolute Gasteiger partial charge is 0.157 e. The van der Waals surface area contributed by atoms with Crippen LogP contribution in [0.1, 0.15) is 33.6 Å². The minimum Gasteiger partial charge on any atom is -0.383 e. The minimum atomic E-state index is 0.397. The molecule has 94 valence electrons. The Morgan fingerprint density at radius 1 is 1.56 bits per heavy atom. The van der Waals surface area contributed by atoms with E-state index >= 15 is 0 Å². The zero-order chi connectivity index (χ0) is 12.0. The van der Waals surface area contributed by atoms with Gasteiger partial charge >= 0.3 is 0 Å². The summed E-state index contributed by atoms with van der Waals surface area (Å²) < 4.78 is 5.17. The fourth-order valence-electron chi connectivity index (χ4n) is 1.80. The number of aliphatic imine (C=N–C) groups is 1. The van der Waals surface area contributed by atoms with Gasteiger partial charge in [0.05, 0.1) is 18.7 Å². The van der Waals surface area contributed by atoms with Crippen LogP contribution in [0, 0.1) is 5.92 Å². The molecule has 0 spiro atoms. The molecule has 0 aliphatic carbocycles. The lowest BCUT2D eigenvalue weighted by Gasteiger charge is -2.16. The van der Waals surface area contributed by atoms with Crippen molar-refractivity contribution < 1.29 is 4.74 Å². The SMILES string of the molecule is CCC(COC)NC1=NC(CC(C)C)CS1. The number of nitrogens with zero attached hydrogens (tertiary/aromatic N) is 1. The second-order valence-electron chi connectivity index (χ2n) is 4.73. The third-order valence-electron chi connectivity index (χ3n) is 2.64. The van der Waals surface area contributed by atoms with Gasteiger partial charge in [-0.3, -0.25) is 4.99 Å². The van der Waals surface area contributed by atoms with Crippen molar-refractivity contribution in [3.05, 3.63) is 0 Å². The molecule has 0 fully saturated rings. The van der Waals surface area contributed by atoms with Crippen LogP contribution in [-0.2, 0) is 4.74 Å². The Balaban J connectivity index is 2.37. The normalized spacial score (nSPS) is 22.3. The van der Waals surface area contributed by atoms with Crippen molar-refractivity contribution in [3.63, 3.8) is 0 Å². The van der Waals surface area contributed by atoms with E-state index in [1.54, 1.807) is 7.11 Å². The van der Waals surface area contributed by atoms with Crippen molar-refractivity contribution in [1.82, 2.24) is 5.32 Å². The Hall–Kier alpha value is -0.220. The summed E-state index contributed by atoms with van der Waals surface area (Å²) in [6.45, 7) is 7.43. The number of amidine groups is 1. The summed E-state index contributed by atoms with van der Waals surface area (Å²) in [5.74, 6) is 1.86. The third-order valence-corrected chi connectivity index (χ3v) is 3.69. The van der Waals surface area contributed by atoms with Gasteiger partial charge in [-0.25, -0.2) is 0 Å². The second kappa shape index (κ2) is 7.17. The first kappa shape index (κ1) is 13.8.